The summed E-state index contributed by atoms with van der Waals surface area (Å²) in [6.07, 6.45) is -3.64. The van der Waals surface area contributed by atoms with Crippen molar-refractivity contribution in [3.05, 3.63) is 75.8 Å². The molecule has 7 nitrogen and oxygen atoms in total. The first-order chi connectivity index (χ1) is 16.7. The zero-order chi connectivity index (χ0) is 25.6. The maximum Gasteiger partial charge on any atom is 0.427 e. The van der Waals surface area contributed by atoms with Gasteiger partial charge in [-0.15, -0.1) is 11.3 Å². The van der Waals surface area contributed by atoms with E-state index in [-0.39, 0.29) is 17.3 Å². The van der Waals surface area contributed by atoms with Crippen LogP contribution in [0.3, 0.4) is 0 Å². The second-order valence-electron chi connectivity index (χ2n) is 7.24. The Bertz CT molecular complexity index is 1270. The lowest BCUT2D eigenvalue weighted by Gasteiger charge is -2.13. The molecule has 0 amide bonds. The number of thiazole rings is 1. The fourth-order valence-corrected chi connectivity index (χ4v) is 4.08. The summed E-state index contributed by atoms with van der Waals surface area (Å²) in [5.74, 6) is -0.672. The van der Waals surface area contributed by atoms with Crippen LogP contribution in [0.1, 0.15) is 34.1 Å². The Labute approximate surface area is 203 Å². The molecular weight excluding hydrogens is 483 g/mol. The highest BCUT2D eigenvalue weighted by Crippen LogP contribution is 2.37. The molecule has 0 aliphatic rings. The normalized spacial score (nSPS) is 12.4. The van der Waals surface area contributed by atoms with Crippen LogP contribution in [0, 0.1) is 6.92 Å². The van der Waals surface area contributed by atoms with Crippen LogP contribution in [0.5, 0.6) is 0 Å². The van der Waals surface area contributed by atoms with Gasteiger partial charge in [0.15, 0.2) is 5.71 Å². The molecule has 11 heteroatoms. The number of esters is 1. The van der Waals surface area contributed by atoms with Gasteiger partial charge in [-0.1, -0.05) is 52.8 Å². The molecule has 1 aromatic heterocycles. The number of methoxy groups -OCH3 is 1. The first-order valence-corrected chi connectivity index (χ1v) is 11.1. The number of aromatic nitrogens is 1. The number of hydrogen-bond donors (Lipinski definition) is 0. The maximum atomic E-state index is 13.0. The number of rotatable bonds is 8. The highest BCUT2D eigenvalue weighted by Gasteiger charge is 2.33. The summed E-state index contributed by atoms with van der Waals surface area (Å²) >= 11 is 0.561. The van der Waals surface area contributed by atoms with Gasteiger partial charge in [0.05, 0.1) is 19.0 Å². The van der Waals surface area contributed by atoms with Crippen molar-refractivity contribution in [1.82, 2.24) is 4.98 Å². The molecule has 35 heavy (non-hydrogen) atoms. The quantitative estimate of drug-likeness (QED) is 0.226. The third-order valence-corrected chi connectivity index (χ3v) is 6.04. The second kappa shape index (κ2) is 11.1. The summed E-state index contributed by atoms with van der Waals surface area (Å²) in [6, 6.07) is 12.2. The molecule has 0 saturated heterocycles. The van der Waals surface area contributed by atoms with E-state index in [4.69, 9.17) is 14.4 Å². The zero-order valence-corrected chi connectivity index (χ0v) is 20.2. The molecule has 0 spiro atoms. The first-order valence-electron chi connectivity index (χ1n) is 10.2. The molecule has 0 unspecified atom stereocenters. The number of nitrogens with zero attached hydrogens (tertiary/aromatic N) is 3. The number of benzene rings is 2. The average molecular weight is 506 g/mol. The summed E-state index contributed by atoms with van der Waals surface area (Å²) < 4.78 is 43.9. The van der Waals surface area contributed by atoms with E-state index in [1.165, 1.54) is 14.2 Å². The molecule has 0 saturated carbocycles. The Kier molecular flexibility index (Phi) is 8.23. The monoisotopic (exact) mass is 505 g/mol. The largest absolute Gasteiger partial charge is 0.464 e. The number of oxime groups is 2. The Hall–Kier alpha value is -3.73. The van der Waals surface area contributed by atoms with Gasteiger partial charge in [-0.05, 0) is 19.4 Å². The van der Waals surface area contributed by atoms with Gasteiger partial charge in [0.25, 0.3) is 0 Å². The molecule has 0 bridgehead atoms. The van der Waals surface area contributed by atoms with Crippen LogP contribution in [0.4, 0.5) is 13.2 Å². The van der Waals surface area contributed by atoms with Crippen LogP contribution >= 0.6 is 11.3 Å². The van der Waals surface area contributed by atoms with Gasteiger partial charge in [-0.25, -0.2) is 9.78 Å². The van der Waals surface area contributed by atoms with E-state index in [0.29, 0.717) is 39.3 Å². The Morgan fingerprint density at radius 1 is 1.06 bits per heavy atom. The SMILES string of the molecule is CO/N=C(/C(=O)OC)c1cccc(C)c1CO/N=C(\C)c1ccccc1-c1ncc(C(F)(F)F)s1. The van der Waals surface area contributed by atoms with Gasteiger partial charge in [-0.2, -0.15) is 13.2 Å². The maximum absolute atomic E-state index is 13.0. The van der Waals surface area contributed by atoms with E-state index >= 15 is 0 Å². The molecular formula is C24H22F3N3O4S. The Morgan fingerprint density at radius 3 is 2.43 bits per heavy atom. The van der Waals surface area contributed by atoms with Crippen LogP contribution in [0.15, 0.2) is 59.0 Å². The van der Waals surface area contributed by atoms with E-state index in [1.54, 1.807) is 43.3 Å². The molecule has 1 heterocycles. The van der Waals surface area contributed by atoms with Crippen molar-refractivity contribution in [2.45, 2.75) is 26.6 Å². The predicted molar refractivity (Wildman–Crippen MR) is 126 cm³/mol. The molecule has 0 aliphatic heterocycles. The lowest BCUT2D eigenvalue weighted by Crippen LogP contribution is -2.20. The number of carbonyl (C=O) groups excluding carboxylic acids is 1. The van der Waals surface area contributed by atoms with Gasteiger partial charge >= 0.3 is 12.1 Å². The molecule has 3 rings (SSSR count). The van der Waals surface area contributed by atoms with Gasteiger partial charge in [-0.3, -0.25) is 0 Å². The summed E-state index contributed by atoms with van der Waals surface area (Å²) in [5.41, 5.74) is 3.45. The molecule has 0 fully saturated rings. The lowest BCUT2D eigenvalue weighted by atomic mass is 9.99. The molecule has 184 valence electrons. The fourth-order valence-electron chi connectivity index (χ4n) is 3.26. The average Bonchev–Trinajstić information content (AvgIpc) is 3.34. The number of halogens is 3. The Morgan fingerprint density at radius 2 is 1.77 bits per heavy atom. The lowest BCUT2D eigenvalue weighted by molar-refractivity contribution is -0.134. The third kappa shape index (κ3) is 6.04. The standard InChI is InChI=1S/C24H22F3N3O4S/c1-14-8-7-11-17(21(30-33-4)23(31)32-3)19(14)13-34-29-15(2)16-9-5-6-10-18(16)22-28-12-20(35-22)24(25,26)27/h5-12H,13H2,1-4H3/b29-15+,30-21+. The van der Waals surface area contributed by atoms with E-state index in [2.05, 4.69) is 15.3 Å². The van der Waals surface area contributed by atoms with E-state index < -0.39 is 17.0 Å². The Balaban J connectivity index is 1.88. The predicted octanol–water partition coefficient (Wildman–Crippen LogP) is 5.60. The molecule has 3 aromatic rings. The molecule has 0 atom stereocenters. The van der Waals surface area contributed by atoms with Crippen molar-refractivity contribution < 1.29 is 32.4 Å². The van der Waals surface area contributed by atoms with Crippen LogP contribution in [-0.4, -0.2) is 36.6 Å². The highest BCUT2D eigenvalue weighted by atomic mass is 32.1. The minimum absolute atomic E-state index is 0.00326. The molecule has 0 aliphatic carbocycles. The van der Waals surface area contributed by atoms with Crippen molar-refractivity contribution in [2.24, 2.45) is 10.3 Å². The van der Waals surface area contributed by atoms with Crippen LogP contribution in [0.2, 0.25) is 0 Å². The fraction of sp³-hybridized carbons (Fsp3) is 0.250. The minimum Gasteiger partial charge on any atom is -0.464 e. The minimum atomic E-state index is -4.46. The van der Waals surface area contributed by atoms with Gasteiger partial charge < -0.3 is 14.4 Å². The van der Waals surface area contributed by atoms with E-state index in [9.17, 15) is 18.0 Å². The van der Waals surface area contributed by atoms with Gasteiger partial charge in [0.1, 0.15) is 23.6 Å². The van der Waals surface area contributed by atoms with Gasteiger partial charge in [0, 0.05) is 22.3 Å². The topological polar surface area (TPSA) is 82.4 Å². The summed E-state index contributed by atoms with van der Waals surface area (Å²) in [7, 11) is 2.56. The second-order valence-corrected chi connectivity index (χ2v) is 8.27. The van der Waals surface area contributed by atoms with Crippen molar-refractivity contribution in [2.75, 3.05) is 14.2 Å². The highest BCUT2D eigenvalue weighted by molar-refractivity contribution is 7.15. The van der Waals surface area contributed by atoms with E-state index in [1.807, 2.05) is 13.0 Å². The zero-order valence-electron chi connectivity index (χ0n) is 19.3. The van der Waals surface area contributed by atoms with Crippen molar-refractivity contribution >= 4 is 28.7 Å². The summed E-state index contributed by atoms with van der Waals surface area (Å²) in [5, 5.41) is 8.18. The number of aryl methyl sites for hydroxylation is 1. The van der Waals surface area contributed by atoms with Crippen LogP contribution < -0.4 is 0 Å². The third-order valence-electron chi connectivity index (χ3n) is 4.97. The van der Waals surface area contributed by atoms with Crippen LogP contribution in [-0.2, 0) is 32.0 Å². The van der Waals surface area contributed by atoms with Crippen LogP contribution in [0.25, 0.3) is 10.6 Å². The number of ether oxygens (including phenoxy) is 1. The van der Waals surface area contributed by atoms with E-state index in [0.717, 1.165) is 11.8 Å². The number of carbonyl (C=O) groups is 1. The van der Waals surface area contributed by atoms with Crippen molar-refractivity contribution in [3.63, 3.8) is 0 Å². The smallest absolute Gasteiger partial charge is 0.427 e. The summed E-state index contributed by atoms with van der Waals surface area (Å²) in [4.78, 5) is 25.7. The number of alkyl halides is 3. The first kappa shape index (κ1) is 25.9. The summed E-state index contributed by atoms with van der Waals surface area (Å²) in [6.45, 7) is 3.52. The van der Waals surface area contributed by atoms with Crippen molar-refractivity contribution in [1.29, 1.82) is 0 Å². The molecule has 2 aromatic carbocycles. The van der Waals surface area contributed by atoms with Gasteiger partial charge in [0.2, 0.25) is 0 Å². The molecule has 0 radical (unpaired) electrons. The van der Waals surface area contributed by atoms with Crippen molar-refractivity contribution in [3.8, 4) is 10.6 Å². The molecule has 0 N–H and O–H groups in total. The number of hydrogen-bond acceptors (Lipinski definition) is 8.